The van der Waals surface area contributed by atoms with Crippen LogP contribution in [0.1, 0.15) is 11.1 Å². The molecule has 8 heteroatoms. The number of nitrogens with zero attached hydrogens (tertiary/aromatic N) is 1. The zero-order valence-corrected chi connectivity index (χ0v) is 19.1. The van der Waals surface area contributed by atoms with Crippen molar-refractivity contribution in [2.24, 2.45) is 4.99 Å². The molecule has 1 N–H and O–H groups in total. The van der Waals surface area contributed by atoms with Crippen LogP contribution in [0.15, 0.2) is 81.1 Å². The van der Waals surface area contributed by atoms with Gasteiger partial charge in [0, 0.05) is 15.6 Å². The Morgan fingerprint density at radius 2 is 1.90 bits per heavy atom. The largest absolute Gasteiger partial charge is 0.488 e. The lowest BCUT2D eigenvalue weighted by atomic mass is 10.1. The number of amidine groups is 1. The molecule has 0 bridgehead atoms. The molecule has 0 spiro atoms. The van der Waals surface area contributed by atoms with Gasteiger partial charge < -0.3 is 10.1 Å². The molecule has 0 aliphatic carbocycles. The predicted molar refractivity (Wildman–Crippen MR) is 127 cm³/mol. The Kier molecular flexibility index (Phi) is 6.75. The highest BCUT2D eigenvalue weighted by Crippen LogP contribution is 2.33. The minimum atomic E-state index is -0.328. The van der Waals surface area contributed by atoms with E-state index in [0.717, 1.165) is 4.47 Å². The topological polar surface area (TPSA) is 50.7 Å². The maximum absolute atomic E-state index is 13.9. The number of halogens is 3. The van der Waals surface area contributed by atoms with E-state index in [1.807, 2.05) is 24.3 Å². The number of thioether (sulfide) groups is 1. The molecule has 1 fully saturated rings. The number of aliphatic imine (C=N–C) groups is 1. The summed E-state index contributed by atoms with van der Waals surface area (Å²) in [6, 6.07) is 19.0. The van der Waals surface area contributed by atoms with Crippen molar-refractivity contribution in [3.63, 3.8) is 0 Å². The first-order valence-corrected chi connectivity index (χ1v) is 11.2. The van der Waals surface area contributed by atoms with Gasteiger partial charge in [0.2, 0.25) is 0 Å². The van der Waals surface area contributed by atoms with E-state index in [1.54, 1.807) is 42.5 Å². The molecule has 0 saturated carbocycles. The third kappa shape index (κ3) is 5.36. The van der Waals surface area contributed by atoms with Crippen LogP contribution in [0.25, 0.3) is 6.08 Å². The van der Waals surface area contributed by atoms with E-state index in [1.165, 1.54) is 17.8 Å². The van der Waals surface area contributed by atoms with Crippen molar-refractivity contribution in [1.82, 2.24) is 5.32 Å². The fraction of sp³-hybridized carbons (Fsp3) is 0.0435. The number of rotatable bonds is 5. The van der Waals surface area contributed by atoms with Gasteiger partial charge in [-0.1, -0.05) is 57.9 Å². The Morgan fingerprint density at radius 1 is 1.13 bits per heavy atom. The summed E-state index contributed by atoms with van der Waals surface area (Å²) in [7, 11) is 0. The number of hydrogen-bond acceptors (Lipinski definition) is 4. The zero-order chi connectivity index (χ0) is 21.8. The first-order valence-electron chi connectivity index (χ1n) is 9.19. The van der Waals surface area contributed by atoms with Crippen LogP contribution < -0.4 is 10.1 Å². The lowest BCUT2D eigenvalue weighted by Gasteiger charge is -2.11. The average Bonchev–Trinajstić information content (AvgIpc) is 3.09. The van der Waals surface area contributed by atoms with Crippen LogP contribution in [0, 0.1) is 5.82 Å². The summed E-state index contributed by atoms with van der Waals surface area (Å²) in [5, 5.41) is 3.68. The number of carbonyl (C=O) groups is 1. The van der Waals surface area contributed by atoms with Gasteiger partial charge in [-0.25, -0.2) is 9.38 Å². The molecule has 1 aliphatic heterocycles. The van der Waals surface area contributed by atoms with Crippen LogP contribution in [-0.4, -0.2) is 11.1 Å². The number of carbonyl (C=O) groups excluding carboxylic acids is 1. The second-order valence-electron chi connectivity index (χ2n) is 6.50. The van der Waals surface area contributed by atoms with Gasteiger partial charge in [-0.2, -0.15) is 0 Å². The summed E-state index contributed by atoms with van der Waals surface area (Å²) in [5.74, 6) is -0.0645. The molecule has 0 unspecified atom stereocenters. The Bertz CT molecular complexity index is 1220. The molecule has 156 valence electrons. The van der Waals surface area contributed by atoms with Crippen LogP contribution in [-0.2, 0) is 11.4 Å². The molecular weight excluding hydrogens is 503 g/mol. The van der Waals surface area contributed by atoms with Crippen molar-refractivity contribution in [2.75, 3.05) is 0 Å². The van der Waals surface area contributed by atoms with Gasteiger partial charge in [0.25, 0.3) is 5.91 Å². The Hall–Kier alpha value is -2.61. The third-order valence-electron chi connectivity index (χ3n) is 4.32. The molecule has 0 aromatic heterocycles. The van der Waals surface area contributed by atoms with E-state index >= 15 is 0 Å². The number of ether oxygens (including phenoxy) is 1. The number of nitrogens with one attached hydrogen (secondary N) is 1. The van der Waals surface area contributed by atoms with Crippen molar-refractivity contribution in [1.29, 1.82) is 0 Å². The molecule has 31 heavy (non-hydrogen) atoms. The SMILES string of the molecule is O=C1NC(=Nc2ccccc2Cl)S/C1=C/c1cc(Br)ccc1OCc1ccccc1F. The summed E-state index contributed by atoms with van der Waals surface area (Å²) < 4.78 is 20.6. The lowest BCUT2D eigenvalue weighted by Crippen LogP contribution is -2.19. The fourth-order valence-electron chi connectivity index (χ4n) is 2.81. The molecule has 1 saturated heterocycles. The highest BCUT2D eigenvalue weighted by Gasteiger charge is 2.24. The number of para-hydroxylation sites is 1. The first kappa shape index (κ1) is 21.6. The van der Waals surface area contributed by atoms with E-state index in [0.29, 0.717) is 37.7 Å². The van der Waals surface area contributed by atoms with Gasteiger partial charge in [-0.3, -0.25) is 4.79 Å². The van der Waals surface area contributed by atoms with Crippen LogP contribution >= 0.6 is 39.3 Å². The molecule has 3 aromatic rings. The van der Waals surface area contributed by atoms with Gasteiger partial charge in [0.15, 0.2) is 5.17 Å². The van der Waals surface area contributed by atoms with Gasteiger partial charge in [0.1, 0.15) is 18.2 Å². The second kappa shape index (κ2) is 9.68. The molecule has 0 atom stereocenters. The summed E-state index contributed by atoms with van der Waals surface area (Å²) >= 11 is 10.8. The summed E-state index contributed by atoms with van der Waals surface area (Å²) in [4.78, 5) is 17.3. The first-order chi connectivity index (χ1) is 15.0. The van der Waals surface area contributed by atoms with Gasteiger partial charge in [-0.15, -0.1) is 0 Å². The van der Waals surface area contributed by atoms with E-state index in [-0.39, 0.29) is 18.3 Å². The minimum absolute atomic E-state index is 0.0725. The maximum atomic E-state index is 13.9. The Morgan fingerprint density at radius 3 is 2.71 bits per heavy atom. The van der Waals surface area contributed by atoms with Gasteiger partial charge >= 0.3 is 0 Å². The third-order valence-corrected chi connectivity index (χ3v) is 6.05. The number of benzene rings is 3. The van der Waals surface area contributed by atoms with Gasteiger partial charge in [0.05, 0.1) is 15.6 Å². The molecule has 4 rings (SSSR count). The van der Waals surface area contributed by atoms with Crippen molar-refractivity contribution < 1.29 is 13.9 Å². The molecule has 3 aromatic carbocycles. The molecule has 1 heterocycles. The molecule has 1 aliphatic rings. The number of amides is 1. The van der Waals surface area contributed by atoms with E-state index in [9.17, 15) is 9.18 Å². The van der Waals surface area contributed by atoms with E-state index in [2.05, 4.69) is 26.2 Å². The predicted octanol–water partition coefficient (Wildman–Crippen LogP) is 6.71. The van der Waals surface area contributed by atoms with Crippen LogP contribution in [0.4, 0.5) is 10.1 Å². The normalized spacial score (nSPS) is 16.0. The monoisotopic (exact) mass is 516 g/mol. The maximum Gasteiger partial charge on any atom is 0.264 e. The molecular formula is C23H15BrClFN2O2S. The summed E-state index contributed by atoms with van der Waals surface area (Å²) in [5.41, 5.74) is 1.71. The fourth-order valence-corrected chi connectivity index (χ4v) is 4.19. The summed E-state index contributed by atoms with van der Waals surface area (Å²) in [6.45, 7) is 0.0725. The van der Waals surface area contributed by atoms with Crippen LogP contribution in [0.3, 0.4) is 0 Å². The highest BCUT2D eigenvalue weighted by molar-refractivity contribution is 9.10. The molecule has 0 radical (unpaired) electrons. The van der Waals surface area contributed by atoms with Crippen molar-refractivity contribution in [3.05, 3.63) is 98.1 Å². The quantitative estimate of drug-likeness (QED) is 0.383. The van der Waals surface area contributed by atoms with E-state index < -0.39 is 0 Å². The highest BCUT2D eigenvalue weighted by atomic mass is 79.9. The van der Waals surface area contributed by atoms with Crippen LogP contribution in [0.5, 0.6) is 5.75 Å². The lowest BCUT2D eigenvalue weighted by molar-refractivity contribution is -0.115. The van der Waals surface area contributed by atoms with Crippen molar-refractivity contribution in [2.45, 2.75) is 6.61 Å². The minimum Gasteiger partial charge on any atom is -0.488 e. The Labute approximate surface area is 196 Å². The summed E-state index contributed by atoms with van der Waals surface area (Å²) in [6.07, 6.45) is 1.72. The Balaban J connectivity index is 1.58. The smallest absolute Gasteiger partial charge is 0.264 e. The molecule has 1 amide bonds. The van der Waals surface area contributed by atoms with E-state index in [4.69, 9.17) is 16.3 Å². The second-order valence-corrected chi connectivity index (χ2v) is 8.85. The average molecular weight is 518 g/mol. The van der Waals surface area contributed by atoms with Crippen molar-refractivity contribution >= 4 is 62.1 Å². The molecule has 4 nitrogen and oxygen atoms in total. The van der Waals surface area contributed by atoms with Crippen LogP contribution in [0.2, 0.25) is 5.02 Å². The standard InChI is InChI=1S/C23H15BrClFN2O2S/c24-16-9-10-20(30-13-14-5-1-3-7-18(14)26)15(11-16)12-21-22(29)28-23(31-21)27-19-8-4-2-6-17(19)25/h1-12H,13H2,(H,27,28,29)/b21-12+. The van der Waals surface area contributed by atoms with Gasteiger partial charge in [-0.05, 0) is 54.2 Å². The zero-order valence-electron chi connectivity index (χ0n) is 15.9. The van der Waals surface area contributed by atoms with Crippen molar-refractivity contribution in [3.8, 4) is 5.75 Å². The number of hydrogen-bond donors (Lipinski definition) is 1.